The van der Waals surface area contributed by atoms with Gasteiger partial charge >= 0.3 is 0 Å². The zero-order chi connectivity index (χ0) is 27.7. The van der Waals surface area contributed by atoms with Crippen molar-refractivity contribution in [3.8, 4) is 0 Å². The van der Waals surface area contributed by atoms with E-state index in [0.717, 1.165) is 23.3 Å². The molecule has 2 aliphatic rings. The number of carbonyl (C=O) groups is 1. The molecule has 0 radical (unpaired) electrons. The average Bonchev–Trinajstić information content (AvgIpc) is 3.53. The molecule has 2 aromatic rings. The Morgan fingerprint density at radius 2 is 1.79 bits per heavy atom. The molecule has 0 aromatic heterocycles. The predicted molar refractivity (Wildman–Crippen MR) is 162 cm³/mol. The van der Waals surface area contributed by atoms with Gasteiger partial charge in [0.25, 0.3) is 0 Å². The maximum atomic E-state index is 14.8. The molecule has 1 heterocycles. The Labute approximate surface area is 239 Å². The van der Waals surface area contributed by atoms with Gasteiger partial charge in [0.1, 0.15) is 0 Å². The molecule has 1 saturated heterocycles. The number of allylic oxidation sites excluding steroid dienone is 1. The van der Waals surface area contributed by atoms with Gasteiger partial charge in [-0.05, 0) is 79.3 Å². The molecular weight excluding hydrogens is 537 g/mol. The van der Waals surface area contributed by atoms with Crippen molar-refractivity contribution in [1.29, 1.82) is 0 Å². The fourth-order valence-electron chi connectivity index (χ4n) is 6.05. The predicted octanol–water partition coefficient (Wildman–Crippen LogP) is 7.09. The summed E-state index contributed by atoms with van der Waals surface area (Å²) in [5.74, 6) is 1.16. The summed E-state index contributed by atoms with van der Waals surface area (Å²) in [7, 11) is -0.714. The average molecular weight is 579 g/mol. The van der Waals surface area contributed by atoms with Gasteiger partial charge in [-0.1, -0.05) is 60.5 Å². The molecule has 7 heteroatoms. The molecule has 1 amide bonds. The molecule has 1 aliphatic carbocycles. The fraction of sp³-hybridized carbons (Fsp3) is 0.516. The number of amides is 1. The summed E-state index contributed by atoms with van der Waals surface area (Å²) in [5.41, 5.74) is 0.684. The second-order valence-electron chi connectivity index (χ2n) is 12.0. The molecule has 2 aromatic carbocycles. The maximum Gasteiger partial charge on any atom is 0.232 e. The first-order valence-electron chi connectivity index (χ1n) is 13.3. The zero-order valence-corrected chi connectivity index (χ0v) is 25.3. The number of carbonyl (C=O) groups excluding carboxylic acids is 1. The van der Waals surface area contributed by atoms with E-state index in [-0.39, 0.29) is 30.4 Å². The van der Waals surface area contributed by atoms with Gasteiger partial charge in [0.15, 0.2) is 0 Å². The Morgan fingerprint density at radius 1 is 1.11 bits per heavy atom. The first-order chi connectivity index (χ1) is 18.0. The number of halogens is 2. The number of rotatable bonds is 11. The summed E-state index contributed by atoms with van der Waals surface area (Å²) in [6, 6.07) is 15.4. The molecule has 2 fully saturated rings. The number of hydrogen-bond donors (Lipinski definition) is 1. The van der Waals surface area contributed by atoms with Crippen LogP contribution in [0.3, 0.4) is 0 Å². The second kappa shape index (κ2) is 11.5. The molecule has 1 N–H and O–H groups in total. The van der Waals surface area contributed by atoms with Gasteiger partial charge in [0.2, 0.25) is 5.91 Å². The first kappa shape index (κ1) is 29.5. The lowest BCUT2D eigenvalue weighted by atomic mass is 9.66. The van der Waals surface area contributed by atoms with Crippen LogP contribution in [-0.2, 0) is 9.53 Å². The largest absolute Gasteiger partial charge is 0.394 e. The minimum atomic E-state index is -0.782. The number of benzene rings is 2. The van der Waals surface area contributed by atoms with Gasteiger partial charge < -0.3 is 14.7 Å². The van der Waals surface area contributed by atoms with Gasteiger partial charge in [-0.3, -0.25) is 4.79 Å². The van der Waals surface area contributed by atoms with E-state index in [1.165, 1.54) is 0 Å². The van der Waals surface area contributed by atoms with E-state index in [0.29, 0.717) is 36.1 Å². The molecule has 1 aliphatic heterocycles. The smallest absolute Gasteiger partial charge is 0.232 e. The van der Waals surface area contributed by atoms with Crippen LogP contribution in [-0.4, -0.2) is 65.8 Å². The minimum absolute atomic E-state index is 0.0390. The molecule has 5 atom stereocenters. The number of hydrogen-bond acceptors (Lipinski definition) is 3. The van der Waals surface area contributed by atoms with Crippen LogP contribution in [0.25, 0.3) is 0 Å². The van der Waals surface area contributed by atoms with Crippen LogP contribution in [0.2, 0.25) is 10.0 Å². The van der Waals surface area contributed by atoms with E-state index in [1.807, 2.05) is 53.4 Å². The Balaban J connectivity index is 1.84. The number of aliphatic hydroxyl groups is 1. The topological polar surface area (TPSA) is 49.8 Å². The normalized spacial score (nSPS) is 29.8. The third kappa shape index (κ3) is 5.97. The lowest BCUT2D eigenvalue weighted by Gasteiger charge is -2.53. The van der Waals surface area contributed by atoms with E-state index in [2.05, 4.69) is 38.3 Å². The lowest BCUT2D eigenvalue weighted by Crippen LogP contribution is -2.60. The van der Waals surface area contributed by atoms with Crippen molar-refractivity contribution in [2.24, 2.45) is 11.3 Å². The van der Waals surface area contributed by atoms with E-state index in [1.54, 1.807) is 0 Å². The third-order valence-electron chi connectivity index (χ3n) is 8.35. The van der Waals surface area contributed by atoms with Crippen molar-refractivity contribution in [2.45, 2.75) is 43.7 Å². The first-order valence-corrected chi connectivity index (χ1v) is 17.0. The van der Waals surface area contributed by atoms with Crippen molar-refractivity contribution in [2.75, 3.05) is 44.3 Å². The summed E-state index contributed by atoms with van der Waals surface area (Å²) >= 11 is 12.8. The van der Waals surface area contributed by atoms with Crippen molar-refractivity contribution >= 4 is 39.1 Å². The number of ether oxygens (including phenoxy) is 1. The van der Waals surface area contributed by atoms with Crippen LogP contribution < -0.4 is 0 Å². The van der Waals surface area contributed by atoms with Crippen LogP contribution in [0.15, 0.2) is 61.2 Å². The van der Waals surface area contributed by atoms with Crippen LogP contribution in [0.4, 0.5) is 0 Å². The van der Waals surface area contributed by atoms with E-state index in [9.17, 15) is 9.90 Å². The summed E-state index contributed by atoms with van der Waals surface area (Å²) in [4.78, 5) is 16.8. The Morgan fingerprint density at radius 3 is 2.34 bits per heavy atom. The quantitative estimate of drug-likeness (QED) is 0.229. The summed E-state index contributed by atoms with van der Waals surface area (Å²) in [6.45, 7) is 7.01. The van der Waals surface area contributed by atoms with Crippen LogP contribution >= 0.6 is 33.2 Å². The summed E-state index contributed by atoms with van der Waals surface area (Å²) in [6.07, 6.45) is 10.5. The number of likely N-dealkylation sites (tertiary alicyclic amines) is 1. The molecule has 4 rings (SSSR count). The van der Waals surface area contributed by atoms with E-state index >= 15 is 0 Å². The highest BCUT2D eigenvalue weighted by Crippen LogP contribution is 2.60. The standard InChI is InChI=1S/C31H41Cl2NO3S/c1-6-14-30(21-37-15-16-38(3,4)5)19-27(24-8-7-9-26(33)17-24)28(23-10-12-25(32)13-11-23)34(29(30)36)31(20-35)18-22(31)2/h6-13,17,22,27-28,35H,1,14-16,18-21H2,2-5H3/t22-,27?,28-,30?,31+/m1/s1. The SMILES string of the molecule is C=CCC1(COCCS(C)(C)C)CC(c2cccc(Cl)c2)[C@@H](c2ccc(Cl)cc2)N([C@]2(CO)C[C@H]2C)C1=O. The monoisotopic (exact) mass is 577 g/mol. The fourth-order valence-corrected chi connectivity index (χ4v) is 6.99. The Bertz CT molecular complexity index is 1150. The molecule has 0 spiro atoms. The summed E-state index contributed by atoms with van der Waals surface area (Å²) in [5, 5.41) is 12.0. The van der Waals surface area contributed by atoms with Gasteiger partial charge in [0.05, 0.1) is 36.8 Å². The molecule has 208 valence electrons. The molecular formula is C31H41Cl2NO3S. The van der Waals surface area contributed by atoms with Gasteiger partial charge in [-0.25, -0.2) is 10.0 Å². The Hall–Kier alpha value is -1.50. The second-order valence-corrected chi connectivity index (χ2v) is 17.5. The molecule has 1 saturated carbocycles. The molecule has 4 nitrogen and oxygen atoms in total. The van der Waals surface area contributed by atoms with Crippen LogP contribution in [0, 0.1) is 11.3 Å². The highest BCUT2D eigenvalue weighted by Gasteiger charge is 2.64. The van der Waals surface area contributed by atoms with Gasteiger partial charge in [0, 0.05) is 21.7 Å². The lowest BCUT2D eigenvalue weighted by molar-refractivity contribution is -0.164. The number of piperidine rings is 1. The molecule has 38 heavy (non-hydrogen) atoms. The van der Waals surface area contributed by atoms with Gasteiger partial charge in [-0.15, -0.1) is 6.58 Å². The minimum Gasteiger partial charge on any atom is -0.394 e. The Kier molecular flexibility index (Phi) is 8.96. The maximum absolute atomic E-state index is 14.8. The number of nitrogens with zero attached hydrogens (tertiary/aromatic N) is 1. The van der Waals surface area contributed by atoms with E-state index < -0.39 is 21.0 Å². The third-order valence-corrected chi connectivity index (χ3v) is 10.2. The van der Waals surface area contributed by atoms with Crippen LogP contribution in [0.1, 0.15) is 49.3 Å². The highest BCUT2D eigenvalue weighted by molar-refractivity contribution is 8.32. The van der Waals surface area contributed by atoms with Crippen molar-refractivity contribution in [1.82, 2.24) is 4.90 Å². The van der Waals surface area contributed by atoms with Crippen molar-refractivity contribution < 1.29 is 14.6 Å². The van der Waals surface area contributed by atoms with Crippen molar-refractivity contribution in [3.05, 3.63) is 82.4 Å². The zero-order valence-electron chi connectivity index (χ0n) is 23.0. The number of aliphatic hydroxyl groups excluding tert-OH is 1. The molecule has 0 bridgehead atoms. The van der Waals surface area contributed by atoms with E-state index in [4.69, 9.17) is 27.9 Å². The van der Waals surface area contributed by atoms with Crippen LogP contribution in [0.5, 0.6) is 0 Å². The highest BCUT2D eigenvalue weighted by atomic mass is 35.5. The van der Waals surface area contributed by atoms with Gasteiger partial charge in [-0.2, -0.15) is 0 Å². The van der Waals surface area contributed by atoms with Crippen molar-refractivity contribution in [3.63, 3.8) is 0 Å². The summed E-state index contributed by atoms with van der Waals surface area (Å²) < 4.78 is 6.30. The molecule has 2 unspecified atom stereocenters.